The lowest BCUT2D eigenvalue weighted by molar-refractivity contribution is -0.127. The number of likely N-dealkylation sites (N-methyl/N-ethyl adjacent to an activating group) is 1. The van der Waals surface area contributed by atoms with Crippen LogP contribution < -0.4 is 5.32 Å². The summed E-state index contributed by atoms with van der Waals surface area (Å²) in [5.74, 6) is 0.663. The summed E-state index contributed by atoms with van der Waals surface area (Å²) in [5.41, 5.74) is 0.659. The van der Waals surface area contributed by atoms with Crippen molar-refractivity contribution in [2.24, 2.45) is 0 Å². The lowest BCUT2D eigenvalue weighted by Gasteiger charge is -2.16. The van der Waals surface area contributed by atoms with Crippen LogP contribution in [-0.2, 0) is 14.6 Å². The smallest absolute Gasteiger partial charge is 0.224 e. The maximum Gasteiger partial charge on any atom is 0.224 e. The van der Waals surface area contributed by atoms with Crippen molar-refractivity contribution in [3.05, 3.63) is 24.5 Å². The number of carbonyl (C=O) groups is 1. The van der Waals surface area contributed by atoms with Crippen LogP contribution in [0.4, 0.5) is 5.82 Å². The van der Waals surface area contributed by atoms with Gasteiger partial charge in [-0.15, -0.1) is 0 Å². The molecule has 23 heavy (non-hydrogen) atoms. The van der Waals surface area contributed by atoms with E-state index < -0.39 is 9.84 Å². The van der Waals surface area contributed by atoms with Crippen LogP contribution in [0.5, 0.6) is 0 Å². The number of nitrogens with one attached hydrogen (secondary N) is 1. The summed E-state index contributed by atoms with van der Waals surface area (Å²) in [6, 6.07) is 4.73. The summed E-state index contributed by atoms with van der Waals surface area (Å²) in [4.78, 5) is 22.2. The second-order valence-corrected chi connectivity index (χ2v) is 7.67. The summed E-state index contributed by atoms with van der Waals surface area (Å²) >= 11 is 0. The molecule has 1 aliphatic rings. The quantitative estimate of drug-likeness (QED) is 0.899. The molecule has 2 aromatic rings. The molecule has 1 fully saturated rings. The highest BCUT2D eigenvalue weighted by atomic mass is 32.2. The summed E-state index contributed by atoms with van der Waals surface area (Å²) in [7, 11) is -3.31. The van der Waals surface area contributed by atoms with Crippen molar-refractivity contribution in [3.63, 3.8) is 0 Å². The largest absolute Gasteiger partial charge is 0.364 e. The van der Waals surface area contributed by atoms with Gasteiger partial charge in [0.05, 0.1) is 16.5 Å². The fourth-order valence-corrected chi connectivity index (χ4v) is 3.40. The first kappa shape index (κ1) is 15.7. The van der Waals surface area contributed by atoms with E-state index in [1.54, 1.807) is 17.0 Å². The highest BCUT2D eigenvalue weighted by Gasteiger charge is 2.28. The summed E-state index contributed by atoms with van der Waals surface area (Å²) in [6.45, 7) is 3.24. The first-order valence-corrected chi connectivity index (χ1v) is 9.26. The molecule has 2 heterocycles. The number of carbonyl (C=O) groups excluding carboxylic acids is 1. The standard InChI is InChI=1S/C15H18N4O3S/c1-3-19-8-10(6-14(19)20)18-15-12-7-11(23(2,21)22)4-5-13(12)16-9-17-15/h4-5,7,9-10H,3,6,8H2,1-2H3,(H,16,17,18). The molecular weight excluding hydrogens is 316 g/mol. The summed E-state index contributed by atoms with van der Waals surface area (Å²) < 4.78 is 23.5. The normalized spacial score (nSPS) is 18.6. The van der Waals surface area contributed by atoms with Gasteiger partial charge in [-0.25, -0.2) is 18.4 Å². The van der Waals surface area contributed by atoms with Crippen LogP contribution in [0.25, 0.3) is 10.9 Å². The van der Waals surface area contributed by atoms with Gasteiger partial charge in [-0.05, 0) is 25.1 Å². The number of rotatable bonds is 4. The van der Waals surface area contributed by atoms with Gasteiger partial charge >= 0.3 is 0 Å². The van der Waals surface area contributed by atoms with E-state index in [9.17, 15) is 13.2 Å². The lowest BCUT2D eigenvalue weighted by Crippen LogP contribution is -2.27. The van der Waals surface area contributed by atoms with Gasteiger partial charge in [0.1, 0.15) is 12.1 Å². The Balaban J connectivity index is 1.96. The van der Waals surface area contributed by atoms with E-state index in [0.29, 0.717) is 36.2 Å². The maximum atomic E-state index is 11.8. The topological polar surface area (TPSA) is 92.3 Å². The molecule has 0 radical (unpaired) electrons. The Labute approximate surface area is 134 Å². The number of anilines is 1. The Hall–Kier alpha value is -2.22. The Kier molecular flexibility index (Phi) is 3.93. The van der Waals surface area contributed by atoms with E-state index in [0.717, 1.165) is 0 Å². The minimum absolute atomic E-state index is 0.0394. The van der Waals surface area contributed by atoms with Crippen LogP contribution in [0.15, 0.2) is 29.4 Å². The van der Waals surface area contributed by atoms with Crippen LogP contribution >= 0.6 is 0 Å². The minimum Gasteiger partial charge on any atom is -0.364 e. The molecule has 7 nitrogen and oxygen atoms in total. The van der Waals surface area contributed by atoms with Crippen molar-refractivity contribution < 1.29 is 13.2 Å². The Morgan fingerprint density at radius 1 is 1.35 bits per heavy atom. The van der Waals surface area contributed by atoms with Crippen molar-refractivity contribution in [2.75, 3.05) is 24.7 Å². The van der Waals surface area contributed by atoms with Crippen molar-refractivity contribution >= 4 is 32.5 Å². The SMILES string of the molecule is CCN1CC(Nc2ncnc3ccc(S(C)(=O)=O)cc23)CC1=O. The van der Waals surface area contributed by atoms with Crippen molar-refractivity contribution in [3.8, 4) is 0 Å². The molecule has 1 aliphatic heterocycles. The van der Waals surface area contributed by atoms with Gasteiger partial charge in [0.15, 0.2) is 9.84 Å². The van der Waals surface area contributed by atoms with Gasteiger partial charge in [-0.2, -0.15) is 0 Å². The molecule has 0 aliphatic carbocycles. The van der Waals surface area contributed by atoms with E-state index in [2.05, 4.69) is 15.3 Å². The molecule has 1 aromatic carbocycles. The third-order valence-electron chi connectivity index (χ3n) is 3.97. The predicted octanol–water partition coefficient (Wildman–Crippen LogP) is 1.07. The highest BCUT2D eigenvalue weighted by molar-refractivity contribution is 7.90. The number of likely N-dealkylation sites (tertiary alicyclic amines) is 1. The van der Waals surface area contributed by atoms with Crippen molar-refractivity contribution in [1.82, 2.24) is 14.9 Å². The molecule has 0 bridgehead atoms. The molecule has 1 unspecified atom stereocenters. The zero-order chi connectivity index (χ0) is 16.6. The molecular formula is C15H18N4O3S. The third-order valence-corrected chi connectivity index (χ3v) is 5.08. The van der Waals surface area contributed by atoms with Crippen LogP contribution in [0.3, 0.4) is 0 Å². The van der Waals surface area contributed by atoms with Gasteiger partial charge in [0.2, 0.25) is 5.91 Å². The Bertz CT molecular complexity index is 866. The van der Waals surface area contributed by atoms with Gasteiger partial charge in [-0.3, -0.25) is 4.79 Å². The van der Waals surface area contributed by atoms with Crippen LogP contribution in [0.1, 0.15) is 13.3 Å². The highest BCUT2D eigenvalue weighted by Crippen LogP contribution is 2.25. The molecule has 1 aromatic heterocycles. The monoisotopic (exact) mass is 334 g/mol. The lowest BCUT2D eigenvalue weighted by atomic mass is 10.2. The Morgan fingerprint density at radius 2 is 2.13 bits per heavy atom. The average molecular weight is 334 g/mol. The zero-order valence-corrected chi connectivity index (χ0v) is 13.8. The minimum atomic E-state index is -3.31. The molecule has 3 rings (SSSR count). The summed E-state index contributed by atoms with van der Waals surface area (Å²) in [5, 5.41) is 3.89. The predicted molar refractivity (Wildman–Crippen MR) is 86.9 cm³/mol. The van der Waals surface area contributed by atoms with Gasteiger partial charge in [0.25, 0.3) is 0 Å². The van der Waals surface area contributed by atoms with E-state index >= 15 is 0 Å². The number of fused-ring (bicyclic) bond motifs is 1. The number of benzene rings is 1. The Morgan fingerprint density at radius 3 is 2.78 bits per heavy atom. The van der Waals surface area contributed by atoms with Gasteiger partial charge in [0, 0.05) is 31.2 Å². The molecule has 0 saturated carbocycles. The number of nitrogens with zero attached hydrogens (tertiary/aromatic N) is 3. The number of hydrogen-bond acceptors (Lipinski definition) is 6. The van der Waals surface area contributed by atoms with Crippen LogP contribution in [-0.4, -0.2) is 54.6 Å². The second-order valence-electron chi connectivity index (χ2n) is 5.65. The zero-order valence-electron chi connectivity index (χ0n) is 13.0. The van der Waals surface area contributed by atoms with Gasteiger partial charge in [-0.1, -0.05) is 0 Å². The molecule has 122 valence electrons. The number of aromatic nitrogens is 2. The first-order valence-electron chi connectivity index (χ1n) is 7.37. The van der Waals surface area contributed by atoms with E-state index in [1.807, 2.05) is 6.92 Å². The van der Waals surface area contributed by atoms with Crippen LogP contribution in [0, 0.1) is 0 Å². The second kappa shape index (κ2) is 5.77. The van der Waals surface area contributed by atoms with Crippen molar-refractivity contribution in [2.45, 2.75) is 24.3 Å². The average Bonchev–Trinajstić information content (AvgIpc) is 2.86. The molecule has 1 saturated heterocycles. The van der Waals surface area contributed by atoms with Crippen LogP contribution in [0.2, 0.25) is 0 Å². The van der Waals surface area contributed by atoms with E-state index in [1.165, 1.54) is 18.6 Å². The maximum absolute atomic E-state index is 11.8. The fourth-order valence-electron chi connectivity index (χ4n) is 2.75. The summed E-state index contributed by atoms with van der Waals surface area (Å²) in [6.07, 6.45) is 3.00. The molecule has 8 heteroatoms. The molecule has 0 spiro atoms. The molecule has 1 amide bonds. The molecule has 1 atom stereocenters. The van der Waals surface area contributed by atoms with Crippen molar-refractivity contribution in [1.29, 1.82) is 0 Å². The van der Waals surface area contributed by atoms with Gasteiger partial charge < -0.3 is 10.2 Å². The fraction of sp³-hybridized carbons (Fsp3) is 0.400. The van der Waals surface area contributed by atoms with E-state index in [-0.39, 0.29) is 16.8 Å². The number of sulfone groups is 1. The number of amides is 1. The third kappa shape index (κ3) is 3.12. The first-order chi connectivity index (χ1) is 10.9. The van der Waals surface area contributed by atoms with E-state index in [4.69, 9.17) is 0 Å². The molecule has 1 N–H and O–H groups in total. The number of hydrogen-bond donors (Lipinski definition) is 1.